The normalized spacial score (nSPS) is 12.7. The number of benzene rings is 1. The molecule has 18 heavy (non-hydrogen) atoms. The molecule has 4 N–H and O–H groups in total. The minimum Gasteiger partial charge on any atom is -0.398 e. The van der Waals surface area contributed by atoms with E-state index in [1.165, 1.54) is 0 Å². The number of amides is 1. The second kappa shape index (κ2) is 6.40. The molecule has 4 nitrogen and oxygen atoms in total. The lowest BCUT2D eigenvalue weighted by molar-refractivity contribution is 0.100. The average molecular weight is 249 g/mol. The van der Waals surface area contributed by atoms with E-state index < -0.39 is 5.91 Å². The van der Waals surface area contributed by atoms with Crippen molar-refractivity contribution in [1.29, 1.82) is 0 Å². The molecular formula is C14H23N3O. The number of primary amides is 1. The summed E-state index contributed by atoms with van der Waals surface area (Å²) in [7, 11) is 0. The summed E-state index contributed by atoms with van der Waals surface area (Å²) in [6.07, 6.45) is 1.10. The number of rotatable bonds is 6. The predicted octanol–water partition coefficient (Wildman–Crippen LogP) is 1.99. The summed E-state index contributed by atoms with van der Waals surface area (Å²) >= 11 is 0. The largest absolute Gasteiger partial charge is 0.398 e. The van der Waals surface area contributed by atoms with Crippen LogP contribution < -0.4 is 11.5 Å². The number of hydrogen-bond acceptors (Lipinski definition) is 3. The summed E-state index contributed by atoms with van der Waals surface area (Å²) in [6, 6.07) is 5.80. The smallest absolute Gasteiger partial charge is 0.248 e. The van der Waals surface area contributed by atoms with Crippen LogP contribution in [0.3, 0.4) is 0 Å². The highest BCUT2D eigenvalue weighted by atomic mass is 16.1. The molecule has 0 aliphatic carbocycles. The lowest BCUT2D eigenvalue weighted by Gasteiger charge is -2.27. The van der Waals surface area contributed by atoms with Crippen LogP contribution in [0.15, 0.2) is 18.2 Å². The number of carbonyl (C=O) groups excluding carboxylic acids is 1. The quantitative estimate of drug-likeness (QED) is 0.757. The Labute approximate surface area is 109 Å². The predicted molar refractivity (Wildman–Crippen MR) is 75.2 cm³/mol. The van der Waals surface area contributed by atoms with Gasteiger partial charge in [0.2, 0.25) is 5.91 Å². The molecule has 0 spiro atoms. The summed E-state index contributed by atoms with van der Waals surface area (Å²) in [5.41, 5.74) is 13.3. The Morgan fingerprint density at radius 3 is 2.50 bits per heavy atom. The Kier molecular flexibility index (Phi) is 5.16. The van der Waals surface area contributed by atoms with Crippen molar-refractivity contribution in [2.75, 3.05) is 12.3 Å². The van der Waals surface area contributed by atoms with Crippen molar-refractivity contribution in [3.63, 3.8) is 0 Å². The lowest BCUT2D eigenvalue weighted by Crippen LogP contribution is -2.32. The third-order valence-corrected chi connectivity index (χ3v) is 3.42. The van der Waals surface area contributed by atoms with E-state index in [1.807, 2.05) is 6.07 Å². The van der Waals surface area contributed by atoms with Gasteiger partial charge in [0.25, 0.3) is 0 Å². The molecule has 0 radical (unpaired) electrons. The highest BCUT2D eigenvalue weighted by Gasteiger charge is 2.12. The van der Waals surface area contributed by atoms with Crippen LogP contribution in [-0.4, -0.2) is 23.4 Å². The first-order chi connectivity index (χ1) is 8.49. The van der Waals surface area contributed by atoms with Gasteiger partial charge in [-0.3, -0.25) is 9.69 Å². The molecule has 1 aromatic carbocycles. The van der Waals surface area contributed by atoms with Crippen LogP contribution >= 0.6 is 0 Å². The molecule has 0 aliphatic rings. The van der Waals surface area contributed by atoms with E-state index in [4.69, 9.17) is 11.5 Å². The van der Waals surface area contributed by atoms with Gasteiger partial charge < -0.3 is 11.5 Å². The van der Waals surface area contributed by atoms with Crippen molar-refractivity contribution in [1.82, 2.24) is 4.90 Å². The summed E-state index contributed by atoms with van der Waals surface area (Å²) in [5.74, 6) is -0.442. The zero-order valence-corrected chi connectivity index (χ0v) is 11.4. The fourth-order valence-electron chi connectivity index (χ4n) is 1.95. The number of hydrogen-bond donors (Lipinski definition) is 2. The monoisotopic (exact) mass is 249 g/mol. The molecule has 1 rings (SSSR count). The lowest BCUT2D eigenvalue weighted by atomic mass is 10.1. The minimum absolute atomic E-state index is 0.442. The zero-order chi connectivity index (χ0) is 13.7. The van der Waals surface area contributed by atoms with Gasteiger partial charge in [0.1, 0.15) is 0 Å². The van der Waals surface area contributed by atoms with Crippen molar-refractivity contribution in [2.24, 2.45) is 5.73 Å². The second-order valence-corrected chi connectivity index (χ2v) is 4.60. The molecule has 0 aromatic heterocycles. The summed E-state index contributed by atoms with van der Waals surface area (Å²) < 4.78 is 0. The summed E-state index contributed by atoms with van der Waals surface area (Å²) in [4.78, 5) is 13.4. The van der Waals surface area contributed by atoms with E-state index in [0.717, 1.165) is 25.1 Å². The van der Waals surface area contributed by atoms with Crippen molar-refractivity contribution in [2.45, 2.75) is 39.8 Å². The topological polar surface area (TPSA) is 72.3 Å². The SMILES string of the molecule is CCC(C)N(CC)Cc1ccc(C(N)=O)cc1N. The van der Waals surface area contributed by atoms with Crippen LogP contribution in [0.2, 0.25) is 0 Å². The van der Waals surface area contributed by atoms with Gasteiger partial charge in [0.15, 0.2) is 0 Å². The number of carbonyl (C=O) groups is 1. The van der Waals surface area contributed by atoms with Gasteiger partial charge in [-0.15, -0.1) is 0 Å². The van der Waals surface area contributed by atoms with Crippen LogP contribution in [0, 0.1) is 0 Å². The van der Waals surface area contributed by atoms with E-state index in [2.05, 4.69) is 25.7 Å². The van der Waals surface area contributed by atoms with Crippen LogP contribution in [-0.2, 0) is 6.54 Å². The van der Waals surface area contributed by atoms with Crippen molar-refractivity contribution >= 4 is 11.6 Å². The highest BCUT2D eigenvalue weighted by molar-refractivity contribution is 5.93. The van der Waals surface area contributed by atoms with Gasteiger partial charge in [0, 0.05) is 23.8 Å². The van der Waals surface area contributed by atoms with E-state index in [-0.39, 0.29) is 0 Å². The van der Waals surface area contributed by atoms with Crippen LogP contribution in [0.25, 0.3) is 0 Å². The molecule has 0 bridgehead atoms. The maximum atomic E-state index is 11.1. The Hall–Kier alpha value is -1.55. The van der Waals surface area contributed by atoms with Gasteiger partial charge in [-0.25, -0.2) is 0 Å². The number of anilines is 1. The standard InChI is InChI=1S/C14H23N3O/c1-4-10(3)17(5-2)9-12-7-6-11(14(16)18)8-13(12)15/h6-8,10H,4-5,9,15H2,1-3H3,(H2,16,18). The van der Waals surface area contributed by atoms with Crippen LogP contribution in [0.1, 0.15) is 43.1 Å². The molecular weight excluding hydrogens is 226 g/mol. The first kappa shape index (κ1) is 14.5. The molecule has 0 fully saturated rings. The first-order valence-corrected chi connectivity index (χ1v) is 6.41. The van der Waals surface area contributed by atoms with Crippen LogP contribution in [0.5, 0.6) is 0 Å². The molecule has 1 unspecified atom stereocenters. The van der Waals surface area contributed by atoms with Crippen molar-refractivity contribution < 1.29 is 4.79 Å². The third-order valence-electron chi connectivity index (χ3n) is 3.42. The fraction of sp³-hybridized carbons (Fsp3) is 0.500. The number of nitrogen functional groups attached to an aromatic ring is 1. The molecule has 1 atom stereocenters. The maximum Gasteiger partial charge on any atom is 0.248 e. The van der Waals surface area contributed by atoms with Gasteiger partial charge in [-0.05, 0) is 37.6 Å². The number of nitrogens with two attached hydrogens (primary N) is 2. The summed E-state index contributed by atoms with van der Waals surface area (Å²) in [6.45, 7) is 8.30. The van der Waals surface area contributed by atoms with Crippen molar-refractivity contribution in [3.8, 4) is 0 Å². The fourth-order valence-corrected chi connectivity index (χ4v) is 1.95. The molecule has 4 heteroatoms. The van der Waals surface area contributed by atoms with Crippen LogP contribution in [0.4, 0.5) is 5.69 Å². The average Bonchev–Trinajstić information content (AvgIpc) is 2.36. The molecule has 1 amide bonds. The Morgan fingerprint density at radius 1 is 1.39 bits per heavy atom. The zero-order valence-electron chi connectivity index (χ0n) is 11.4. The highest BCUT2D eigenvalue weighted by Crippen LogP contribution is 2.18. The Bertz CT molecular complexity index is 418. The van der Waals surface area contributed by atoms with E-state index in [1.54, 1.807) is 12.1 Å². The maximum absolute atomic E-state index is 11.1. The molecule has 0 heterocycles. The Balaban J connectivity index is 2.87. The molecule has 0 saturated carbocycles. The Morgan fingerprint density at radius 2 is 2.06 bits per heavy atom. The first-order valence-electron chi connectivity index (χ1n) is 6.41. The van der Waals surface area contributed by atoms with Gasteiger partial charge >= 0.3 is 0 Å². The minimum atomic E-state index is -0.442. The molecule has 0 aliphatic heterocycles. The third kappa shape index (κ3) is 3.47. The second-order valence-electron chi connectivity index (χ2n) is 4.60. The van der Waals surface area contributed by atoms with Crippen molar-refractivity contribution in [3.05, 3.63) is 29.3 Å². The van der Waals surface area contributed by atoms with Gasteiger partial charge in [-0.2, -0.15) is 0 Å². The molecule has 0 saturated heterocycles. The van der Waals surface area contributed by atoms with Gasteiger partial charge in [0.05, 0.1) is 0 Å². The van der Waals surface area contributed by atoms with Gasteiger partial charge in [-0.1, -0.05) is 19.9 Å². The van der Waals surface area contributed by atoms with E-state index in [0.29, 0.717) is 17.3 Å². The molecule has 100 valence electrons. The summed E-state index contributed by atoms with van der Waals surface area (Å²) in [5, 5.41) is 0. The number of nitrogens with zero attached hydrogens (tertiary/aromatic N) is 1. The van der Waals surface area contributed by atoms with E-state index >= 15 is 0 Å². The van der Waals surface area contributed by atoms with E-state index in [9.17, 15) is 4.79 Å². The molecule has 1 aromatic rings.